The quantitative estimate of drug-likeness (QED) is 0.774. The molecule has 24 heavy (non-hydrogen) atoms. The average Bonchev–Trinajstić information content (AvgIpc) is 2.99. The van der Waals surface area contributed by atoms with Crippen LogP contribution >= 0.6 is 0 Å². The molecule has 0 radical (unpaired) electrons. The summed E-state index contributed by atoms with van der Waals surface area (Å²) in [7, 11) is 0. The normalized spacial score (nSPS) is 11.9. The van der Waals surface area contributed by atoms with Crippen LogP contribution in [-0.2, 0) is 11.2 Å². The second-order valence-electron chi connectivity index (χ2n) is 5.25. The van der Waals surface area contributed by atoms with Crippen LogP contribution in [0.1, 0.15) is 17.4 Å². The van der Waals surface area contributed by atoms with Crippen LogP contribution in [0.3, 0.4) is 0 Å². The van der Waals surface area contributed by atoms with Crippen molar-refractivity contribution in [1.82, 2.24) is 25.2 Å². The van der Waals surface area contributed by atoms with Gasteiger partial charge in [0.25, 0.3) is 0 Å². The zero-order chi connectivity index (χ0) is 16.9. The van der Waals surface area contributed by atoms with E-state index in [2.05, 4.69) is 25.8 Å². The molecule has 8 heteroatoms. The summed E-state index contributed by atoms with van der Waals surface area (Å²) >= 11 is 0. The number of amides is 1. The van der Waals surface area contributed by atoms with E-state index >= 15 is 0 Å². The number of hydrogen-bond acceptors (Lipinski definition) is 5. The molecule has 0 bridgehead atoms. The minimum absolute atomic E-state index is 0.260. The van der Waals surface area contributed by atoms with Gasteiger partial charge in [0, 0.05) is 12.6 Å². The van der Waals surface area contributed by atoms with Crippen molar-refractivity contribution >= 4 is 11.6 Å². The van der Waals surface area contributed by atoms with Gasteiger partial charge in [0.15, 0.2) is 0 Å². The number of anilines is 1. The van der Waals surface area contributed by atoms with Crippen molar-refractivity contribution in [3.63, 3.8) is 0 Å². The highest BCUT2D eigenvalue weighted by Crippen LogP contribution is 2.18. The molecule has 3 aromatic rings. The number of rotatable bonds is 5. The summed E-state index contributed by atoms with van der Waals surface area (Å²) < 4.78 is 14.9. The molecule has 0 aliphatic rings. The highest BCUT2D eigenvalue weighted by atomic mass is 19.1. The maximum Gasteiger partial charge on any atom is 0.249 e. The van der Waals surface area contributed by atoms with E-state index in [-0.39, 0.29) is 18.1 Å². The van der Waals surface area contributed by atoms with Gasteiger partial charge in [-0.15, -0.1) is 5.10 Å². The van der Waals surface area contributed by atoms with Crippen LogP contribution in [0.25, 0.3) is 0 Å². The zero-order valence-corrected chi connectivity index (χ0v) is 12.9. The molecule has 1 atom stereocenters. The Morgan fingerprint density at radius 1 is 1.33 bits per heavy atom. The molecule has 7 nitrogen and oxygen atoms in total. The number of pyridine rings is 1. The van der Waals surface area contributed by atoms with E-state index in [0.29, 0.717) is 17.1 Å². The van der Waals surface area contributed by atoms with Gasteiger partial charge in [0.1, 0.15) is 17.7 Å². The van der Waals surface area contributed by atoms with Gasteiger partial charge in [0.05, 0.1) is 11.9 Å². The maximum atomic E-state index is 13.4. The van der Waals surface area contributed by atoms with Crippen LogP contribution in [0.4, 0.5) is 10.1 Å². The number of nitrogens with zero attached hydrogens (tertiary/aromatic N) is 5. The second kappa shape index (κ2) is 6.95. The van der Waals surface area contributed by atoms with Crippen molar-refractivity contribution in [2.24, 2.45) is 0 Å². The highest BCUT2D eigenvalue weighted by Gasteiger charge is 2.24. The lowest BCUT2D eigenvalue weighted by atomic mass is 10.0. The highest BCUT2D eigenvalue weighted by molar-refractivity contribution is 5.93. The van der Waals surface area contributed by atoms with E-state index in [0.717, 1.165) is 0 Å². The largest absolute Gasteiger partial charge is 0.323 e. The fraction of sp³-hybridized carbons (Fsp3) is 0.188. The first-order valence-electron chi connectivity index (χ1n) is 7.33. The lowest BCUT2D eigenvalue weighted by molar-refractivity contribution is -0.119. The van der Waals surface area contributed by atoms with E-state index in [1.54, 1.807) is 43.6 Å². The molecule has 0 saturated heterocycles. The Kier molecular flexibility index (Phi) is 4.55. The molecule has 1 amide bonds. The third-order valence-corrected chi connectivity index (χ3v) is 3.50. The first-order chi connectivity index (χ1) is 11.6. The lowest BCUT2D eigenvalue weighted by Crippen LogP contribution is -2.29. The number of hydrogen-bond donors (Lipinski definition) is 1. The zero-order valence-electron chi connectivity index (χ0n) is 12.9. The summed E-state index contributed by atoms with van der Waals surface area (Å²) in [5.41, 5.74) is 1.24. The third-order valence-electron chi connectivity index (χ3n) is 3.50. The third kappa shape index (κ3) is 3.60. The molecular weight excluding hydrogens is 311 g/mol. The van der Waals surface area contributed by atoms with Gasteiger partial charge in [0.2, 0.25) is 5.91 Å². The number of nitrogens with one attached hydrogen (secondary N) is 1. The van der Waals surface area contributed by atoms with E-state index in [1.165, 1.54) is 16.8 Å². The van der Waals surface area contributed by atoms with Gasteiger partial charge < -0.3 is 5.32 Å². The van der Waals surface area contributed by atoms with Crippen LogP contribution in [0.15, 0.2) is 48.8 Å². The van der Waals surface area contributed by atoms with Gasteiger partial charge in [-0.1, -0.05) is 12.1 Å². The van der Waals surface area contributed by atoms with Gasteiger partial charge in [-0.05, 0) is 47.2 Å². The molecule has 0 saturated carbocycles. The smallest absolute Gasteiger partial charge is 0.249 e. The molecule has 2 aromatic heterocycles. The first kappa shape index (κ1) is 15.7. The molecule has 0 aliphatic heterocycles. The second-order valence-corrected chi connectivity index (χ2v) is 5.25. The molecule has 0 aliphatic carbocycles. The van der Waals surface area contributed by atoms with E-state index in [1.807, 2.05) is 0 Å². The minimum Gasteiger partial charge on any atom is -0.323 e. The summed E-state index contributed by atoms with van der Waals surface area (Å²) in [6.07, 6.45) is 3.42. The monoisotopic (exact) mass is 326 g/mol. The minimum atomic E-state index is -0.706. The van der Waals surface area contributed by atoms with Crippen molar-refractivity contribution in [3.05, 3.63) is 66.0 Å². The van der Waals surface area contributed by atoms with Crippen molar-refractivity contribution in [3.8, 4) is 0 Å². The van der Waals surface area contributed by atoms with Gasteiger partial charge in [-0.3, -0.25) is 9.78 Å². The number of aryl methyl sites for hydroxylation is 1. The molecule has 2 heterocycles. The number of carbonyl (C=O) groups is 1. The first-order valence-corrected chi connectivity index (χ1v) is 7.33. The predicted molar refractivity (Wildman–Crippen MR) is 84.6 cm³/mol. The van der Waals surface area contributed by atoms with Gasteiger partial charge in [-0.25, -0.2) is 9.07 Å². The number of carbonyl (C=O) groups excluding carboxylic acids is 1. The Morgan fingerprint density at radius 3 is 2.88 bits per heavy atom. The number of tetrazole rings is 1. The summed E-state index contributed by atoms with van der Waals surface area (Å²) in [6.45, 7) is 1.70. The van der Waals surface area contributed by atoms with E-state index in [9.17, 15) is 9.18 Å². The summed E-state index contributed by atoms with van der Waals surface area (Å²) in [5.74, 6) is -0.159. The number of halogens is 1. The Morgan fingerprint density at radius 2 is 2.21 bits per heavy atom. The molecule has 0 unspecified atom stereocenters. The van der Waals surface area contributed by atoms with Crippen LogP contribution in [0.5, 0.6) is 0 Å². The average molecular weight is 326 g/mol. The molecule has 1 N–H and O–H groups in total. The van der Waals surface area contributed by atoms with Gasteiger partial charge in [-0.2, -0.15) is 0 Å². The fourth-order valence-corrected chi connectivity index (χ4v) is 2.37. The Balaban J connectivity index is 1.87. The summed E-state index contributed by atoms with van der Waals surface area (Å²) in [4.78, 5) is 16.7. The molecule has 3 rings (SSSR count). The summed E-state index contributed by atoms with van der Waals surface area (Å²) in [6, 6.07) is 8.86. The Labute approximate surface area is 137 Å². The predicted octanol–water partition coefficient (Wildman–Crippen LogP) is 1.94. The Hall–Kier alpha value is -3.16. The molecule has 1 aromatic carbocycles. The van der Waals surface area contributed by atoms with Crippen LogP contribution < -0.4 is 5.32 Å². The van der Waals surface area contributed by atoms with E-state index in [4.69, 9.17) is 0 Å². The Bertz CT molecular complexity index is 835. The van der Waals surface area contributed by atoms with Crippen LogP contribution in [0, 0.1) is 12.7 Å². The maximum absolute atomic E-state index is 13.4. The molecule has 0 spiro atoms. The summed E-state index contributed by atoms with van der Waals surface area (Å²) in [5, 5.41) is 14.1. The number of aromatic nitrogens is 5. The van der Waals surface area contributed by atoms with Crippen molar-refractivity contribution in [1.29, 1.82) is 0 Å². The van der Waals surface area contributed by atoms with Crippen molar-refractivity contribution < 1.29 is 9.18 Å². The number of benzene rings is 1. The molecule has 0 fully saturated rings. The van der Waals surface area contributed by atoms with Crippen LogP contribution in [-0.4, -0.2) is 31.1 Å². The molecule has 122 valence electrons. The standard InChI is InChI=1S/C16H15FN6O/c1-11-20-21-22-23(11)15(9-12-4-2-5-13(17)8-12)16(24)19-14-6-3-7-18-10-14/h2-8,10,15H,9H2,1H3,(H,19,24)/t15-/m0/s1. The fourth-order valence-electron chi connectivity index (χ4n) is 2.37. The van der Waals surface area contributed by atoms with Crippen molar-refractivity contribution in [2.45, 2.75) is 19.4 Å². The van der Waals surface area contributed by atoms with Gasteiger partial charge >= 0.3 is 0 Å². The SMILES string of the molecule is Cc1nnnn1[C@@H](Cc1cccc(F)c1)C(=O)Nc1cccnc1. The van der Waals surface area contributed by atoms with Crippen LogP contribution in [0.2, 0.25) is 0 Å². The lowest BCUT2D eigenvalue weighted by Gasteiger charge is -2.17. The topological polar surface area (TPSA) is 85.6 Å². The molecular formula is C16H15FN6O. The van der Waals surface area contributed by atoms with E-state index < -0.39 is 6.04 Å². The van der Waals surface area contributed by atoms with Crippen molar-refractivity contribution in [2.75, 3.05) is 5.32 Å².